The highest BCUT2D eigenvalue weighted by atomic mass is 16.5. The van der Waals surface area contributed by atoms with Crippen LogP contribution in [0.15, 0.2) is 0 Å². The highest BCUT2D eigenvalue weighted by molar-refractivity contribution is 5.69. The molecule has 0 aliphatic heterocycles. The first-order valence-corrected chi connectivity index (χ1v) is 5.56. The van der Waals surface area contributed by atoms with Gasteiger partial charge >= 0.3 is 5.97 Å². The van der Waals surface area contributed by atoms with E-state index < -0.39 is 0 Å². The topological polar surface area (TPSA) is 52.3 Å². The molecule has 2 N–H and O–H groups in total. The number of rotatable bonds is 3. The lowest BCUT2D eigenvalue weighted by molar-refractivity contribution is -0.141. The molecule has 1 fully saturated rings. The summed E-state index contributed by atoms with van der Waals surface area (Å²) in [7, 11) is 1.42. The van der Waals surface area contributed by atoms with Crippen molar-refractivity contribution in [2.75, 3.05) is 7.11 Å². The molecule has 0 aromatic rings. The van der Waals surface area contributed by atoms with Crippen molar-refractivity contribution in [2.24, 2.45) is 11.7 Å². The van der Waals surface area contributed by atoms with Gasteiger partial charge in [-0.05, 0) is 18.8 Å². The van der Waals surface area contributed by atoms with Crippen LogP contribution in [0.2, 0.25) is 0 Å². The quantitative estimate of drug-likeness (QED) is 0.557. The molecule has 0 amide bonds. The molecule has 82 valence electrons. The SMILES string of the molecule is COC(=O)C[C@H](N)C1CCCCCC1. The van der Waals surface area contributed by atoms with E-state index in [2.05, 4.69) is 4.74 Å². The molecule has 1 rings (SSSR count). The number of hydrogen-bond donors (Lipinski definition) is 1. The third-order valence-electron chi connectivity index (χ3n) is 3.14. The van der Waals surface area contributed by atoms with E-state index >= 15 is 0 Å². The van der Waals surface area contributed by atoms with Crippen molar-refractivity contribution in [1.82, 2.24) is 0 Å². The molecule has 0 bridgehead atoms. The molecule has 0 heterocycles. The van der Waals surface area contributed by atoms with Crippen LogP contribution in [-0.4, -0.2) is 19.1 Å². The van der Waals surface area contributed by atoms with Gasteiger partial charge in [0.05, 0.1) is 13.5 Å². The summed E-state index contributed by atoms with van der Waals surface area (Å²) in [5.41, 5.74) is 5.99. The van der Waals surface area contributed by atoms with E-state index in [0.717, 1.165) is 0 Å². The van der Waals surface area contributed by atoms with Crippen LogP contribution >= 0.6 is 0 Å². The van der Waals surface area contributed by atoms with E-state index in [-0.39, 0.29) is 12.0 Å². The monoisotopic (exact) mass is 199 g/mol. The van der Waals surface area contributed by atoms with Crippen LogP contribution in [-0.2, 0) is 9.53 Å². The summed E-state index contributed by atoms with van der Waals surface area (Å²) in [4.78, 5) is 11.0. The van der Waals surface area contributed by atoms with Crippen molar-refractivity contribution in [3.63, 3.8) is 0 Å². The standard InChI is InChI=1S/C11H21NO2/c1-14-11(13)8-10(12)9-6-4-2-3-5-7-9/h9-10H,2-8,12H2,1H3/t10-/m0/s1. The Bertz CT molecular complexity index is 174. The first-order chi connectivity index (χ1) is 6.74. The zero-order chi connectivity index (χ0) is 10.4. The number of nitrogens with two attached hydrogens (primary N) is 1. The number of esters is 1. The largest absolute Gasteiger partial charge is 0.469 e. The van der Waals surface area contributed by atoms with Gasteiger partial charge in [-0.3, -0.25) is 4.79 Å². The van der Waals surface area contributed by atoms with Gasteiger partial charge in [-0.1, -0.05) is 25.7 Å². The van der Waals surface area contributed by atoms with Crippen LogP contribution in [0.1, 0.15) is 44.9 Å². The zero-order valence-corrected chi connectivity index (χ0v) is 9.00. The highest BCUT2D eigenvalue weighted by Crippen LogP contribution is 2.25. The van der Waals surface area contributed by atoms with Gasteiger partial charge in [0.25, 0.3) is 0 Å². The van der Waals surface area contributed by atoms with Crippen molar-refractivity contribution in [2.45, 2.75) is 51.0 Å². The Morgan fingerprint density at radius 2 is 1.93 bits per heavy atom. The summed E-state index contributed by atoms with van der Waals surface area (Å²) >= 11 is 0. The summed E-state index contributed by atoms with van der Waals surface area (Å²) in [6, 6.07) is 0.000509. The first-order valence-electron chi connectivity index (χ1n) is 5.56. The van der Waals surface area contributed by atoms with Crippen molar-refractivity contribution < 1.29 is 9.53 Å². The van der Waals surface area contributed by atoms with Gasteiger partial charge < -0.3 is 10.5 Å². The molecule has 1 aliphatic carbocycles. The number of carbonyl (C=O) groups is 1. The molecule has 1 saturated carbocycles. The van der Waals surface area contributed by atoms with Crippen molar-refractivity contribution in [3.05, 3.63) is 0 Å². The molecule has 0 aromatic carbocycles. The number of hydrogen-bond acceptors (Lipinski definition) is 3. The van der Waals surface area contributed by atoms with Gasteiger partial charge in [-0.2, -0.15) is 0 Å². The molecule has 0 unspecified atom stereocenters. The minimum atomic E-state index is -0.179. The predicted molar refractivity (Wildman–Crippen MR) is 55.8 cm³/mol. The normalized spacial score (nSPS) is 21.3. The fraction of sp³-hybridized carbons (Fsp3) is 0.909. The van der Waals surface area contributed by atoms with Crippen LogP contribution in [0.4, 0.5) is 0 Å². The Hall–Kier alpha value is -0.570. The number of methoxy groups -OCH3 is 1. The Morgan fingerprint density at radius 1 is 1.36 bits per heavy atom. The van der Waals surface area contributed by atoms with Gasteiger partial charge in [0.15, 0.2) is 0 Å². The summed E-state index contributed by atoms with van der Waals surface area (Å²) in [5.74, 6) is 0.346. The van der Waals surface area contributed by atoms with E-state index in [9.17, 15) is 4.79 Å². The molecule has 1 atom stereocenters. The molecule has 0 saturated heterocycles. The second-order valence-corrected chi connectivity index (χ2v) is 4.20. The molecule has 1 aliphatic rings. The molecule has 3 nitrogen and oxygen atoms in total. The second kappa shape index (κ2) is 6.02. The van der Waals surface area contributed by atoms with Gasteiger partial charge in [-0.15, -0.1) is 0 Å². The lowest BCUT2D eigenvalue weighted by atomic mass is 9.90. The summed E-state index contributed by atoms with van der Waals surface area (Å²) in [6.07, 6.45) is 7.90. The maximum Gasteiger partial charge on any atom is 0.307 e. The third kappa shape index (κ3) is 3.66. The van der Waals surface area contributed by atoms with Crippen LogP contribution in [0.25, 0.3) is 0 Å². The molecular weight excluding hydrogens is 178 g/mol. The maximum absolute atomic E-state index is 11.0. The number of ether oxygens (including phenoxy) is 1. The molecule has 3 heteroatoms. The fourth-order valence-electron chi connectivity index (χ4n) is 2.18. The van der Waals surface area contributed by atoms with Gasteiger partial charge in [-0.25, -0.2) is 0 Å². The Morgan fingerprint density at radius 3 is 2.43 bits per heavy atom. The van der Waals surface area contributed by atoms with Gasteiger partial charge in [0, 0.05) is 6.04 Å². The summed E-state index contributed by atoms with van der Waals surface area (Å²) in [6.45, 7) is 0. The van der Waals surface area contributed by atoms with Crippen LogP contribution in [0, 0.1) is 5.92 Å². The van der Waals surface area contributed by atoms with Gasteiger partial charge in [0.2, 0.25) is 0 Å². The van der Waals surface area contributed by atoms with E-state index in [1.807, 2.05) is 0 Å². The van der Waals surface area contributed by atoms with Crippen LogP contribution in [0.5, 0.6) is 0 Å². The van der Waals surface area contributed by atoms with Crippen molar-refractivity contribution >= 4 is 5.97 Å². The lowest BCUT2D eigenvalue weighted by Crippen LogP contribution is -2.32. The number of carbonyl (C=O) groups excluding carboxylic acids is 1. The second-order valence-electron chi connectivity index (χ2n) is 4.20. The van der Waals surface area contributed by atoms with Crippen LogP contribution in [0.3, 0.4) is 0 Å². The Labute approximate surface area is 86.0 Å². The van der Waals surface area contributed by atoms with Crippen LogP contribution < -0.4 is 5.73 Å². The van der Waals surface area contributed by atoms with Gasteiger partial charge in [0.1, 0.15) is 0 Å². The minimum absolute atomic E-state index is 0.000509. The maximum atomic E-state index is 11.0. The summed E-state index contributed by atoms with van der Waals surface area (Å²) in [5, 5.41) is 0. The molecular formula is C11H21NO2. The van der Waals surface area contributed by atoms with Crippen molar-refractivity contribution in [1.29, 1.82) is 0 Å². The average molecular weight is 199 g/mol. The highest BCUT2D eigenvalue weighted by Gasteiger charge is 2.21. The minimum Gasteiger partial charge on any atom is -0.469 e. The average Bonchev–Trinajstić information content (AvgIpc) is 2.45. The molecule has 0 spiro atoms. The molecule has 0 radical (unpaired) electrons. The third-order valence-corrected chi connectivity index (χ3v) is 3.14. The van der Waals surface area contributed by atoms with E-state index in [0.29, 0.717) is 12.3 Å². The van der Waals surface area contributed by atoms with E-state index in [4.69, 9.17) is 5.73 Å². The predicted octanol–water partition coefficient (Wildman–Crippen LogP) is 1.85. The zero-order valence-electron chi connectivity index (χ0n) is 9.00. The van der Waals surface area contributed by atoms with E-state index in [1.54, 1.807) is 0 Å². The molecule has 14 heavy (non-hydrogen) atoms. The smallest absolute Gasteiger partial charge is 0.307 e. The fourth-order valence-corrected chi connectivity index (χ4v) is 2.18. The Kier molecular flexibility index (Phi) is 4.94. The van der Waals surface area contributed by atoms with E-state index in [1.165, 1.54) is 45.6 Å². The summed E-state index contributed by atoms with van der Waals surface area (Å²) < 4.78 is 4.62. The first kappa shape index (κ1) is 11.5. The molecule has 0 aromatic heterocycles. The van der Waals surface area contributed by atoms with Crippen molar-refractivity contribution in [3.8, 4) is 0 Å². The Balaban J connectivity index is 2.33. The lowest BCUT2D eigenvalue weighted by Gasteiger charge is -2.20.